The van der Waals surface area contributed by atoms with Gasteiger partial charge in [0, 0.05) is 24.0 Å². The van der Waals surface area contributed by atoms with Crippen molar-refractivity contribution in [2.75, 3.05) is 31.0 Å². The van der Waals surface area contributed by atoms with Crippen LogP contribution < -0.4 is 4.72 Å². The third kappa shape index (κ3) is 5.32. The number of hydrogen-bond acceptors (Lipinski definition) is 6. The number of carbonyl (C=O) groups excluding carboxylic acids is 2. The normalized spacial score (nSPS) is 14.2. The van der Waals surface area contributed by atoms with Gasteiger partial charge in [0.25, 0.3) is 10.0 Å². The first-order valence-corrected chi connectivity index (χ1v) is 12.9. The van der Waals surface area contributed by atoms with Crippen LogP contribution in [0.25, 0.3) is 11.1 Å². The molecule has 4 rings (SSSR count). The average Bonchev–Trinajstić information content (AvgIpc) is 3.25. The smallest absolute Gasteiger partial charge is 0.262 e. The molecule has 33 heavy (non-hydrogen) atoms. The van der Waals surface area contributed by atoms with Crippen LogP contribution in [-0.4, -0.2) is 51.3 Å². The molecule has 1 amide bonds. The second-order valence-corrected chi connectivity index (χ2v) is 10.1. The topological polar surface area (TPSA) is 92.8 Å². The molecule has 9 heteroatoms. The number of nitrogens with one attached hydrogen (secondary N) is 1. The number of morpholine rings is 1. The Hall–Kier alpha value is -3.01. The van der Waals surface area contributed by atoms with E-state index in [-0.39, 0.29) is 28.6 Å². The fraction of sp³-hybridized carbons (Fsp3) is 0.250. The lowest BCUT2D eigenvalue weighted by molar-refractivity contribution is -0.134. The minimum Gasteiger partial charge on any atom is -0.378 e. The van der Waals surface area contributed by atoms with Crippen LogP contribution in [-0.2, 0) is 26.0 Å². The average molecular weight is 485 g/mol. The molecule has 1 aliphatic rings. The van der Waals surface area contributed by atoms with E-state index >= 15 is 0 Å². The number of ketones is 1. The van der Waals surface area contributed by atoms with Crippen LogP contribution in [0.5, 0.6) is 0 Å². The Kier molecular flexibility index (Phi) is 6.92. The molecule has 1 aromatic heterocycles. The minimum atomic E-state index is -4.05. The van der Waals surface area contributed by atoms with Crippen LogP contribution in [0.15, 0.2) is 64.2 Å². The van der Waals surface area contributed by atoms with Gasteiger partial charge in [0.15, 0.2) is 5.78 Å². The molecule has 0 spiro atoms. The number of amides is 1. The van der Waals surface area contributed by atoms with Gasteiger partial charge in [0.1, 0.15) is 0 Å². The summed E-state index contributed by atoms with van der Waals surface area (Å²) in [4.78, 5) is 26.6. The highest BCUT2D eigenvalue weighted by Gasteiger charge is 2.24. The first kappa shape index (κ1) is 23.2. The maximum absolute atomic E-state index is 13.2. The maximum Gasteiger partial charge on any atom is 0.262 e. The largest absolute Gasteiger partial charge is 0.378 e. The third-order valence-corrected chi connectivity index (χ3v) is 7.66. The number of carbonyl (C=O) groups is 2. The van der Waals surface area contributed by atoms with Crippen molar-refractivity contribution in [2.24, 2.45) is 0 Å². The molecule has 2 aromatic carbocycles. The maximum atomic E-state index is 13.2. The summed E-state index contributed by atoms with van der Waals surface area (Å²) < 4.78 is 34.3. The Morgan fingerprint density at radius 2 is 1.76 bits per heavy atom. The Balaban J connectivity index is 1.59. The summed E-state index contributed by atoms with van der Waals surface area (Å²) in [5.74, 6) is -0.421. The second kappa shape index (κ2) is 9.86. The fourth-order valence-electron chi connectivity index (χ4n) is 3.69. The molecule has 0 saturated carbocycles. The van der Waals surface area contributed by atoms with Crippen molar-refractivity contribution < 1.29 is 22.7 Å². The van der Waals surface area contributed by atoms with Crippen LogP contribution in [0.4, 0.5) is 5.69 Å². The molecule has 1 saturated heterocycles. The van der Waals surface area contributed by atoms with Gasteiger partial charge in [-0.1, -0.05) is 36.4 Å². The van der Waals surface area contributed by atoms with Crippen molar-refractivity contribution in [1.82, 2.24) is 4.90 Å². The molecule has 2 heterocycles. The van der Waals surface area contributed by atoms with E-state index in [1.807, 2.05) is 30.3 Å². The molecule has 0 aliphatic carbocycles. The van der Waals surface area contributed by atoms with E-state index < -0.39 is 10.0 Å². The van der Waals surface area contributed by atoms with E-state index in [0.717, 1.165) is 11.1 Å². The molecule has 1 aliphatic heterocycles. The molecular weight excluding hydrogens is 460 g/mol. The van der Waals surface area contributed by atoms with Crippen LogP contribution in [0.2, 0.25) is 0 Å². The lowest BCUT2D eigenvalue weighted by atomic mass is 10.0. The molecule has 3 aromatic rings. The van der Waals surface area contributed by atoms with Crippen LogP contribution in [0, 0.1) is 0 Å². The van der Waals surface area contributed by atoms with Crippen molar-refractivity contribution in [1.29, 1.82) is 0 Å². The van der Waals surface area contributed by atoms with E-state index in [4.69, 9.17) is 4.74 Å². The zero-order chi connectivity index (χ0) is 23.4. The van der Waals surface area contributed by atoms with Crippen LogP contribution in [0.1, 0.15) is 22.8 Å². The van der Waals surface area contributed by atoms with Gasteiger partial charge in [-0.25, -0.2) is 8.42 Å². The van der Waals surface area contributed by atoms with Gasteiger partial charge in [-0.2, -0.15) is 0 Å². The highest BCUT2D eigenvalue weighted by molar-refractivity contribution is 7.92. The third-order valence-electron chi connectivity index (χ3n) is 5.45. The molecule has 0 atom stereocenters. The first-order chi connectivity index (χ1) is 15.8. The molecule has 0 unspecified atom stereocenters. The summed E-state index contributed by atoms with van der Waals surface area (Å²) in [6, 6.07) is 14.2. The number of Topliss-reactive ketones (excluding diaryl/α,β-unsaturated/α-hetero) is 1. The Labute approximate surface area is 197 Å². The van der Waals surface area contributed by atoms with Gasteiger partial charge >= 0.3 is 0 Å². The predicted octanol–water partition coefficient (Wildman–Crippen LogP) is 3.82. The van der Waals surface area contributed by atoms with E-state index in [0.29, 0.717) is 37.6 Å². The number of sulfonamides is 1. The first-order valence-electron chi connectivity index (χ1n) is 10.5. The summed E-state index contributed by atoms with van der Waals surface area (Å²) in [5, 5.41) is 3.42. The number of anilines is 1. The number of thiophene rings is 1. The van der Waals surface area contributed by atoms with E-state index in [1.54, 1.807) is 27.8 Å². The van der Waals surface area contributed by atoms with Crippen molar-refractivity contribution in [3.05, 3.63) is 70.4 Å². The van der Waals surface area contributed by atoms with Gasteiger partial charge in [-0.3, -0.25) is 14.3 Å². The van der Waals surface area contributed by atoms with Gasteiger partial charge in [-0.15, -0.1) is 11.3 Å². The fourth-order valence-corrected chi connectivity index (χ4v) is 5.88. The summed E-state index contributed by atoms with van der Waals surface area (Å²) in [5.41, 5.74) is 2.71. The molecule has 172 valence electrons. The van der Waals surface area contributed by atoms with E-state index in [2.05, 4.69) is 4.72 Å². The van der Waals surface area contributed by atoms with Crippen molar-refractivity contribution >= 4 is 38.7 Å². The Morgan fingerprint density at radius 3 is 2.45 bits per heavy atom. The highest BCUT2D eigenvalue weighted by Crippen LogP contribution is 2.29. The zero-order valence-electron chi connectivity index (χ0n) is 18.1. The molecule has 0 radical (unpaired) electrons. The monoisotopic (exact) mass is 484 g/mol. The number of nitrogens with zero attached hydrogens (tertiary/aromatic N) is 1. The van der Waals surface area contributed by atoms with Crippen molar-refractivity contribution in [2.45, 2.75) is 18.2 Å². The zero-order valence-corrected chi connectivity index (χ0v) is 19.7. The SMILES string of the molecule is CC(=O)c1cc(-c2ccccc2)ccc1S(=O)(=O)Nc1cscc1CC(=O)N1CCOCC1. The predicted molar refractivity (Wildman–Crippen MR) is 128 cm³/mol. The number of rotatable bonds is 7. The Morgan fingerprint density at radius 1 is 1.03 bits per heavy atom. The van der Waals surface area contributed by atoms with Gasteiger partial charge < -0.3 is 9.64 Å². The van der Waals surface area contributed by atoms with Crippen LogP contribution >= 0.6 is 11.3 Å². The van der Waals surface area contributed by atoms with Gasteiger partial charge in [-0.05, 0) is 41.1 Å². The lowest BCUT2D eigenvalue weighted by Gasteiger charge is -2.26. The second-order valence-electron chi connectivity index (χ2n) is 7.72. The van der Waals surface area contributed by atoms with Crippen molar-refractivity contribution in [3.63, 3.8) is 0 Å². The lowest BCUT2D eigenvalue weighted by Crippen LogP contribution is -2.41. The quantitative estimate of drug-likeness (QED) is 0.515. The molecular formula is C24H24N2O5S2. The number of benzene rings is 2. The molecule has 0 bridgehead atoms. The molecule has 1 fully saturated rings. The summed E-state index contributed by atoms with van der Waals surface area (Å²) in [7, 11) is -4.05. The molecule has 1 N–H and O–H groups in total. The van der Waals surface area contributed by atoms with Crippen molar-refractivity contribution in [3.8, 4) is 11.1 Å². The summed E-state index contributed by atoms with van der Waals surface area (Å²) >= 11 is 1.31. The van der Waals surface area contributed by atoms with E-state index in [1.165, 1.54) is 24.3 Å². The van der Waals surface area contributed by atoms with E-state index in [9.17, 15) is 18.0 Å². The Bertz CT molecular complexity index is 1260. The van der Waals surface area contributed by atoms with Crippen LogP contribution in [0.3, 0.4) is 0 Å². The number of ether oxygens (including phenoxy) is 1. The summed E-state index contributed by atoms with van der Waals surface area (Å²) in [6.07, 6.45) is 0.0911. The minimum absolute atomic E-state index is 0.0752. The van der Waals surface area contributed by atoms with Gasteiger partial charge in [0.2, 0.25) is 5.91 Å². The number of hydrogen-bond donors (Lipinski definition) is 1. The highest BCUT2D eigenvalue weighted by atomic mass is 32.2. The summed E-state index contributed by atoms with van der Waals surface area (Å²) in [6.45, 7) is 3.41. The standard InChI is InChI=1S/C24H24N2O5S2/c1-17(27)21-13-19(18-5-3-2-4-6-18)7-8-23(21)33(29,30)25-22-16-32-15-20(22)14-24(28)26-9-11-31-12-10-26/h2-8,13,15-16,25H,9-12,14H2,1H3. The van der Waals surface area contributed by atoms with Gasteiger partial charge in [0.05, 0.1) is 30.2 Å². The molecule has 7 nitrogen and oxygen atoms in total.